The van der Waals surface area contributed by atoms with Crippen molar-refractivity contribution in [2.24, 2.45) is 5.92 Å². The zero-order chi connectivity index (χ0) is 22.2. The average Bonchev–Trinajstić information content (AvgIpc) is 3.29. The highest BCUT2D eigenvalue weighted by atomic mass is 16.5. The molecule has 166 valence electrons. The number of nitrogens with two attached hydrogens (primary N) is 1. The minimum absolute atomic E-state index is 0.0958. The van der Waals surface area contributed by atoms with Crippen LogP contribution in [0.3, 0.4) is 0 Å². The van der Waals surface area contributed by atoms with Gasteiger partial charge in [-0.25, -0.2) is 9.67 Å². The van der Waals surface area contributed by atoms with Crippen LogP contribution in [0.2, 0.25) is 0 Å². The molecule has 1 aliphatic heterocycles. The molecular weight excluding hydrogens is 394 g/mol. The summed E-state index contributed by atoms with van der Waals surface area (Å²) < 4.78 is 13.4. The van der Waals surface area contributed by atoms with Crippen molar-refractivity contribution in [3.05, 3.63) is 17.5 Å². The van der Waals surface area contributed by atoms with Gasteiger partial charge in [-0.05, 0) is 44.9 Å². The summed E-state index contributed by atoms with van der Waals surface area (Å²) in [6.45, 7) is 9.66. The maximum Gasteiger partial charge on any atom is 0.238 e. The highest BCUT2D eigenvalue weighted by Crippen LogP contribution is 2.43. The Bertz CT molecular complexity index is 982. The number of rotatable bonds is 8. The second kappa shape index (κ2) is 8.35. The molecule has 4 rings (SSSR count). The molecule has 3 heterocycles. The molecule has 1 saturated heterocycles. The first kappa shape index (κ1) is 21.4. The first-order valence-electron chi connectivity index (χ1n) is 10.9. The molecule has 0 bridgehead atoms. The molecule has 9 nitrogen and oxygen atoms in total. The van der Waals surface area contributed by atoms with E-state index >= 15 is 0 Å². The Morgan fingerprint density at radius 3 is 2.74 bits per heavy atom. The Kier molecular flexibility index (Phi) is 5.75. The molecule has 1 saturated carbocycles. The summed E-state index contributed by atoms with van der Waals surface area (Å²) in [5.74, 6) is 2.29. The van der Waals surface area contributed by atoms with E-state index in [0.29, 0.717) is 48.4 Å². The first-order chi connectivity index (χ1) is 14.8. The largest absolute Gasteiger partial charge is 0.476 e. The van der Waals surface area contributed by atoms with Crippen LogP contribution in [0.1, 0.15) is 70.1 Å². The van der Waals surface area contributed by atoms with Gasteiger partial charge in [0.25, 0.3) is 0 Å². The zero-order valence-electron chi connectivity index (χ0n) is 18.7. The van der Waals surface area contributed by atoms with Crippen LogP contribution in [-0.4, -0.2) is 39.6 Å². The van der Waals surface area contributed by atoms with Gasteiger partial charge in [0.05, 0.1) is 25.0 Å². The van der Waals surface area contributed by atoms with Gasteiger partial charge in [0, 0.05) is 24.3 Å². The van der Waals surface area contributed by atoms with Gasteiger partial charge in [-0.3, -0.25) is 0 Å². The third-order valence-corrected chi connectivity index (χ3v) is 5.80. The minimum atomic E-state index is -0.888. The summed E-state index contributed by atoms with van der Waals surface area (Å²) in [5, 5.41) is 17.8. The zero-order valence-corrected chi connectivity index (χ0v) is 18.7. The third-order valence-electron chi connectivity index (χ3n) is 5.80. The molecule has 2 aliphatic rings. The van der Waals surface area contributed by atoms with Crippen LogP contribution in [0.4, 0.5) is 17.5 Å². The van der Waals surface area contributed by atoms with E-state index in [1.54, 1.807) is 10.9 Å². The van der Waals surface area contributed by atoms with Crippen LogP contribution in [0.25, 0.3) is 0 Å². The number of nitrogen functional groups attached to an aromatic ring is 1. The molecule has 9 heteroatoms. The molecule has 3 N–H and O–H groups in total. The predicted octanol–water partition coefficient (Wildman–Crippen LogP) is 3.67. The molecule has 2 aromatic heterocycles. The molecule has 2 aromatic rings. The number of nitrogens with one attached hydrogen (secondary N) is 1. The van der Waals surface area contributed by atoms with E-state index in [9.17, 15) is 5.26 Å². The number of ether oxygens (including phenoxy) is 2. The van der Waals surface area contributed by atoms with Gasteiger partial charge in [0.15, 0.2) is 0 Å². The molecule has 0 spiro atoms. The van der Waals surface area contributed by atoms with Crippen LogP contribution in [0, 0.1) is 17.2 Å². The van der Waals surface area contributed by atoms with E-state index in [0.717, 1.165) is 37.1 Å². The smallest absolute Gasteiger partial charge is 0.238 e. The summed E-state index contributed by atoms with van der Waals surface area (Å²) in [4.78, 5) is 8.97. The lowest BCUT2D eigenvalue weighted by molar-refractivity contribution is 0.160. The topological polar surface area (TPSA) is 124 Å². The molecule has 0 aromatic carbocycles. The van der Waals surface area contributed by atoms with Crippen molar-refractivity contribution in [1.29, 1.82) is 5.26 Å². The van der Waals surface area contributed by atoms with Crippen molar-refractivity contribution in [1.82, 2.24) is 19.7 Å². The van der Waals surface area contributed by atoms with E-state index in [1.165, 1.54) is 0 Å². The predicted molar refractivity (Wildman–Crippen MR) is 117 cm³/mol. The number of aromatic nitrogens is 4. The lowest BCUT2D eigenvalue weighted by Crippen LogP contribution is -2.27. The Hall–Kier alpha value is -2.86. The number of hydrogen-bond donors (Lipinski definition) is 2. The maximum absolute atomic E-state index is 9.76. The van der Waals surface area contributed by atoms with Crippen molar-refractivity contribution < 1.29 is 9.47 Å². The highest BCUT2D eigenvalue weighted by molar-refractivity contribution is 5.66. The third kappa shape index (κ3) is 4.44. The van der Waals surface area contributed by atoms with Crippen molar-refractivity contribution in [2.75, 3.05) is 30.9 Å². The van der Waals surface area contributed by atoms with Gasteiger partial charge >= 0.3 is 0 Å². The molecule has 1 atom stereocenters. The van der Waals surface area contributed by atoms with E-state index in [1.807, 2.05) is 13.8 Å². The Labute approximate surface area is 183 Å². The number of anilines is 3. The van der Waals surface area contributed by atoms with Gasteiger partial charge in [0.2, 0.25) is 11.8 Å². The van der Waals surface area contributed by atoms with Crippen molar-refractivity contribution in [3.63, 3.8) is 0 Å². The van der Waals surface area contributed by atoms with Crippen LogP contribution in [0.15, 0.2) is 6.20 Å². The Morgan fingerprint density at radius 1 is 1.39 bits per heavy atom. The fraction of sp³-hybridized carbons (Fsp3) is 0.636. The second-order valence-electron chi connectivity index (χ2n) is 9.28. The summed E-state index contributed by atoms with van der Waals surface area (Å²) >= 11 is 0. The van der Waals surface area contributed by atoms with E-state index in [4.69, 9.17) is 20.3 Å². The molecule has 1 aliphatic carbocycles. The second-order valence-corrected chi connectivity index (χ2v) is 9.28. The molecular formula is C22H31N7O2. The molecule has 0 amide bonds. The Morgan fingerprint density at radius 2 is 2.16 bits per heavy atom. The normalized spacial score (nSPS) is 18.9. The highest BCUT2D eigenvalue weighted by Gasteiger charge is 2.32. The lowest BCUT2D eigenvalue weighted by Gasteiger charge is -2.21. The Balaban J connectivity index is 1.71. The standard InChI is InChI=1S/C22H31N7O2/c1-13(2)17-18(26-21-25-9-16(15-5-6-15)19(24)27-21)20(29(28-17)22(3,4)12-23)31-11-14-7-8-30-10-14/h9,13-15H,5-8,10-11H2,1-4H3,(H3,24,25,26,27)/t14-/m0/s1. The lowest BCUT2D eigenvalue weighted by atomic mass is 10.1. The van der Waals surface area contributed by atoms with Crippen LogP contribution >= 0.6 is 0 Å². The summed E-state index contributed by atoms with van der Waals surface area (Å²) in [6, 6.07) is 2.32. The first-order valence-corrected chi connectivity index (χ1v) is 10.9. The van der Waals surface area contributed by atoms with E-state index in [-0.39, 0.29) is 5.92 Å². The van der Waals surface area contributed by atoms with E-state index in [2.05, 4.69) is 35.2 Å². The number of nitrogens with zero attached hydrogens (tertiary/aromatic N) is 5. The minimum Gasteiger partial charge on any atom is -0.476 e. The van der Waals surface area contributed by atoms with Gasteiger partial charge in [-0.15, -0.1) is 0 Å². The van der Waals surface area contributed by atoms with Gasteiger partial charge < -0.3 is 20.5 Å². The summed E-state index contributed by atoms with van der Waals surface area (Å²) in [7, 11) is 0. The van der Waals surface area contributed by atoms with Crippen molar-refractivity contribution >= 4 is 17.5 Å². The quantitative estimate of drug-likeness (QED) is 0.656. The van der Waals surface area contributed by atoms with Gasteiger partial charge in [-0.1, -0.05) is 13.8 Å². The molecule has 31 heavy (non-hydrogen) atoms. The summed E-state index contributed by atoms with van der Waals surface area (Å²) in [5.41, 5.74) is 7.77. The van der Waals surface area contributed by atoms with Gasteiger partial charge in [-0.2, -0.15) is 15.3 Å². The van der Waals surface area contributed by atoms with Gasteiger partial charge in [0.1, 0.15) is 17.0 Å². The SMILES string of the molecule is CC(C)c1nn(C(C)(C)C#N)c(OC[C@H]2CCOC2)c1Nc1ncc(C2CC2)c(N)n1. The van der Waals surface area contributed by atoms with Crippen molar-refractivity contribution in [3.8, 4) is 11.9 Å². The van der Waals surface area contributed by atoms with Crippen LogP contribution < -0.4 is 15.8 Å². The number of nitriles is 1. The van der Waals surface area contributed by atoms with Crippen LogP contribution in [0.5, 0.6) is 5.88 Å². The van der Waals surface area contributed by atoms with E-state index < -0.39 is 5.54 Å². The molecule has 0 unspecified atom stereocenters. The number of hydrogen-bond acceptors (Lipinski definition) is 8. The fourth-order valence-corrected chi connectivity index (χ4v) is 3.70. The summed E-state index contributed by atoms with van der Waals surface area (Å²) in [6.07, 6.45) is 5.03. The molecule has 0 radical (unpaired) electrons. The van der Waals surface area contributed by atoms with Crippen LogP contribution in [-0.2, 0) is 10.3 Å². The van der Waals surface area contributed by atoms with Crippen molar-refractivity contribution in [2.45, 2.75) is 64.3 Å². The molecule has 2 fully saturated rings. The monoisotopic (exact) mass is 425 g/mol. The fourth-order valence-electron chi connectivity index (χ4n) is 3.70. The average molecular weight is 426 g/mol. The maximum atomic E-state index is 9.76.